The highest BCUT2D eigenvalue weighted by Crippen LogP contribution is 2.24. The fourth-order valence-corrected chi connectivity index (χ4v) is 1.83. The molecule has 62 valence electrons. The minimum Gasteiger partial charge on any atom is -0.367 e. The van der Waals surface area contributed by atoms with E-state index in [9.17, 15) is 0 Å². The lowest BCUT2D eigenvalue weighted by molar-refractivity contribution is 1.37. The molecule has 0 amide bonds. The number of hydrogen-bond donors (Lipinski definition) is 1. The van der Waals surface area contributed by atoms with Gasteiger partial charge in [-0.15, -0.1) is 0 Å². The third-order valence-corrected chi connectivity index (χ3v) is 2.48. The first-order valence-corrected chi connectivity index (χ1v) is 4.39. The lowest BCUT2D eigenvalue weighted by Crippen LogP contribution is -1.74. The molecule has 0 unspecified atom stereocenters. The van der Waals surface area contributed by atoms with Crippen molar-refractivity contribution in [3.63, 3.8) is 0 Å². The molecule has 0 atom stereocenters. The van der Waals surface area contributed by atoms with Gasteiger partial charge in [0.2, 0.25) is 0 Å². The molecule has 1 aromatic heterocycles. The van der Waals surface area contributed by atoms with E-state index in [0.717, 1.165) is 0 Å². The summed E-state index contributed by atoms with van der Waals surface area (Å²) in [6, 6.07) is 12.8. The number of H-pyrrole nitrogens is 1. The molecule has 0 bridgehead atoms. The van der Waals surface area contributed by atoms with Crippen LogP contribution in [0, 0.1) is 0 Å². The third-order valence-electron chi connectivity index (χ3n) is 2.48. The summed E-state index contributed by atoms with van der Waals surface area (Å²) in [7, 11) is 0. The fraction of sp³-hybridized carbons (Fsp3) is 0. The van der Waals surface area contributed by atoms with Crippen molar-refractivity contribution in [1.29, 1.82) is 0 Å². The van der Waals surface area contributed by atoms with Crippen molar-refractivity contribution in [2.75, 3.05) is 0 Å². The standard InChI is InChI=1S/C12H9N/c1-2-9-4-5-10-6-7-13-8-12(10)11(9)3-1/h1-8,13H. The lowest BCUT2D eigenvalue weighted by atomic mass is 10.1. The van der Waals surface area contributed by atoms with E-state index >= 15 is 0 Å². The topological polar surface area (TPSA) is 15.8 Å². The van der Waals surface area contributed by atoms with Crippen molar-refractivity contribution in [2.45, 2.75) is 0 Å². The highest BCUT2D eigenvalue weighted by Gasteiger charge is 1.98. The Kier molecular flexibility index (Phi) is 1.22. The van der Waals surface area contributed by atoms with Crippen molar-refractivity contribution in [3.8, 4) is 0 Å². The first kappa shape index (κ1) is 6.72. The maximum atomic E-state index is 3.12. The molecule has 1 nitrogen and oxygen atoms in total. The number of benzene rings is 1. The summed E-state index contributed by atoms with van der Waals surface area (Å²) < 4.78 is 0. The van der Waals surface area contributed by atoms with Crippen molar-refractivity contribution in [1.82, 2.24) is 4.98 Å². The Bertz CT molecular complexity index is 563. The Morgan fingerprint density at radius 3 is 2.54 bits per heavy atom. The van der Waals surface area contributed by atoms with E-state index < -0.39 is 0 Å². The van der Waals surface area contributed by atoms with Gasteiger partial charge in [-0.05, 0) is 22.2 Å². The maximum absolute atomic E-state index is 3.12. The monoisotopic (exact) mass is 167 g/mol. The summed E-state index contributed by atoms with van der Waals surface area (Å²) in [6.07, 6.45) is 4.01. The van der Waals surface area contributed by atoms with Crippen LogP contribution in [0.25, 0.3) is 21.5 Å². The van der Waals surface area contributed by atoms with Crippen LogP contribution in [0.5, 0.6) is 0 Å². The molecule has 0 radical (unpaired) electrons. The van der Waals surface area contributed by atoms with Crippen LogP contribution in [0.3, 0.4) is 0 Å². The van der Waals surface area contributed by atoms with Crippen LogP contribution < -0.4 is 0 Å². The SMILES string of the molecule is c1cc2ccc3cc[nH]cc3c2c1. The summed E-state index contributed by atoms with van der Waals surface area (Å²) in [4.78, 5) is 3.12. The summed E-state index contributed by atoms with van der Waals surface area (Å²) >= 11 is 0. The predicted molar refractivity (Wildman–Crippen MR) is 55.8 cm³/mol. The summed E-state index contributed by atoms with van der Waals surface area (Å²) in [5.74, 6) is 0. The van der Waals surface area contributed by atoms with E-state index in [0.29, 0.717) is 0 Å². The van der Waals surface area contributed by atoms with Gasteiger partial charge in [0, 0.05) is 17.8 Å². The number of nitrogens with one attached hydrogen (secondary N) is 1. The molecular formula is C12H9N. The van der Waals surface area contributed by atoms with E-state index in [4.69, 9.17) is 0 Å². The van der Waals surface area contributed by atoms with Gasteiger partial charge in [0.1, 0.15) is 0 Å². The largest absolute Gasteiger partial charge is 0.367 e. The molecule has 13 heavy (non-hydrogen) atoms. The first-order valence-electron chi connectivity index (χ1n) is 4.39. The molecule has 0 fully saturated rings. The average molecular weight is 167 g/mol. The van der Waals surface area contributed by atoms with Gasteiger partial charge in [-0.1, -0.05) is 30.3 Å². The summed E-state index contributed by atoms with van der Waals surface area (Å²) in [6.45, 7) is 0. The van der Waals surface area contributed by atoms with Crippen LogP contribution in [0.4, 0.5) is 0 Å². The van der Waals surface area contributed by atoms with Gasteiger partial charge in [-0.2, -0.15) is 0 Å². The van der Waals surface area contributed by atoms with Gasteiger partial charge in [0.25, 0.3) is 0 Å². The second-order valence-corrected chi connectivity index (χ2v) is 3.24. The highest BCUT2D eigenvalue weighted by atomic mass is 14.6. The first-order chi connectivity index (χ1) is 6.45. The second kappa shape index (κ2) is 2.36. The van der Waals surface area contributed by atoms with Crippen LogP contribution in [-0.4, -0.2) is 4.98 Å². The van der Waals surface area contributed by atoms with Gasteiger partial charge < -0.3 is 4.98 Å². The highest BCUT2D eigenvalue weighted by molar-refractivity contribution is 6.07. The fourth-order valence-electron chi connectivity index (χ4n) is 1.83. The minimum atomic E-state index is 1.29. The van der Waals surface area contributed by atoms with Gasteiger partial charge in [-0.25, -0.2) is 0 Å². The van der Waals surface area contributed by atoms with Gasteiger partial charge in [-0.3, -0.25) is 0 Å². The Balaban J connectivity index is 2.65. The molecular weight excluding hydrogens is 158 g/mol. The Hall–Kier alpha value is -1.76. The molecule has 0 aliphatic heterocycles. The van der Waals surface area contributed by atoms with Gasteiger partial charge in [0.15, 0.2) is 0 Å². The van der Waals surface area contributed by atoms with Crippen molar-refractivity contribution < 1.29 is 0 Å². The summed E-state index contributed by atoms with van der Waals surface area (Å²) in [5.41, 5.74) is 0. The molecule has 0 spiro atoms. The van der Waals surface area contributed by atoms with Crippen LogP contribution in [0.2, 0.25) is 0 Å². The number of fused-ring (bicyclic) bond motifs is 3. The molecule has 3 aromatic rings. The predicted octanol–water partition coefficient (Wildman–Crippen LogP) is 3.32. The molecule has 3 rings (SSSR count). The second-order valence-electron chi connectivity index (χ2n) is 3.24. The van der Waals surface area contributed by atoms with E-state index in [2.05, 4.69) is 47.6 Å². The Labute approximate surface area is 76.0 Å². The molecule has 0 saturated carbocycles. The maximum Gasteiger partial charge on any atom is 0.00899 e. The van der Waals surface area contributed by atoms with Crippen LogP contribution in [-0.2, 0) is 0 Å². The molecule has 1 heterocycles. The molecule has 2 aromatic carbocycles. The minimum absolute atomic E-state index is 1.29. The Morgan fingerprint density at radius 2 is 1.62 bits per heavy atom. The van der Waals surface area contributed by atoms with E-state index in [1.54, 1.807) is 0 Å². The molecule has 1 N–H and O–H groups in total. The van der Waals surface area contributed by atoms with Crippen molar-refractivity contribution in [3.05, 3.63) is 48.8 Å². The number of aromatic amines is 1. The number of pyridine rings is 1. The number of hydrogen-bond acceptors (Lipinski definition) is 0. The number of rotatable bonds is 0. The quantitative estimate of drug-likeness (QED) is 0.528. The van der Waals surface area contributed by atoms with Crippen LogP contribution in [0.15, 0.2) is 48.8 Å². The molecule has 0 aliphatic rings. The van der Waals surface area contributed by atoms with E-state index in [-0.39, 0.29) is 0 Å². The third kappa shape index (κ3) is 0.872. The molecule has 0 aliphatic carbocycles. The van der Waals surface area contributed by atoms with Crippen molar-refractivity contribution in [2.24, 2.45) is 0 Å². The zero-order valence-corrected chi connectivity index (χ0v) is 7.12. The zero-order chi connectivity index (χ0) is 8.67. The van der Waals surface area contributed by atoms with Crippen molar-refractivity contribution >= 4 is 21.5 Å². The molecule has 1 heteroatoms. The molecule has 0 saturated heterocycles. The van der Waals surface area contributed by atoms with E-state index in [1.165, 1.54) is 21.5 Å². The van der Waals surface area contributed by atoms with Crippen LogP contribution >= 0.6 is 0 Å². The zero-order valence-electron chi connectivity index (χ0n) is 7.12. The van der Waals surface area contributed by atoms with E-state index in [1.807, 2.05) is 6.20 Å². The average Bonchev–Trinajstić information content (AvgIpc) is 2.65. The number of aromatic nitrogens is 1. The van der Waals surface area contributed by atoms with Gasteiger partial charge in [0.05, 0.1) is 0 Å². The summed E-state index contributed by atoms with van der Waals surface area (Å²) in [5, 5.41) is 5.23. The Morgan fingerprint density at radius 1 is 0.769 bits per heavy atom. The lowest BCUT2D eigenvalue weighted by Gasteiger charge is -1.98. The normalized spacial score (nSPS) is 11.1. The van der Waals surface area contributed by atoms with Gasteiger partial charge >= 0.3 is 0 Å². The smallest absolute Gasteiger partial charge is 0.00899 e. The van der Waals surface area contributed by atoms with Crippen LogP contribution in [0.1, 0.15) is 0 Å².